The predicted octanol–water partition coefficient (Wildman–Crippen LogP) is -1.32. The molecular formula is C6H10O6. The maximum atomic E-state index is 9.66. The molecular weight excluding hydrogens is 168 g/mol. The summed E-state index contributed by atoms with van der Waals surface area (Å²) in [5.41, 5.74) is -0.815. The van der Waals surface area contributed by atoms with Crippen LogP contribution in [0, 0.1) is 0 Å². The van der Waals surface area contributed by atoms with Crippen LogP contribution in [0.1, 0.15) is 0 Å². The first-order chi connectivity index (χ1) is 5.47. The van der Waals surface area contributed by atoms with Crippen LogP contribution in [0.25, 0.3) is 0 Å². The summed E-state index contributed by atoms with van der Waals surface area (Å²) in [6, 6.07) is 0. The van der Waals surface area contributed by atoms with Crippen LogP contribution in [0.5, 0.6) is 0 Å². The van der Waals surface area contributed by atoms with Gasteiger partial charge in [0.25, 0.3) is 0 Å². The van der Waals surface area contributed by atoms with Crippen LogP contribution in [0.2, 0.25) is 0 Å². The normalized spacial score (nSPS) is 7.83. The molecule has 0 saturated heterocycles. The summed E-state index contributed by atoms with van der Waals surface area (Å²) in [6.45, 7) is 2.50. The van der Waals surface area contributed by atoms with E-state index in [9.17, 15) is 9.59 Å². The summed E-state index contributed by atoms with van der Waals surface area (Å²) in [6.07, 6.45) is 0. The van der Waals surface area contributed by atoms with Crippen molar-refractivity contribution in [3.8, 4) is 0 Å². The fourth-order valence-electron chi connectivity index (χ4n) is 0.0915. The summed E-state index contributed by atoms with van der Waals surface area (Å²) in [4.78, 5) is 19.3. The molecule has 0 unspecified atom stereocenters. The number of carbonyl (C=O) groups is 2. The van der Waals surface area contributed by atoms with Crippen LogP contribution >= 0.6 is 0 Å². The van der Waals surface area contributed by atoms with Gasteiger partial charge in [0.2, 0.25) is 0 Å². The topological polar surface area (TPSA) is 115 Å². The van der Waals surface area contributed by atoms with Gasteiger partial charge < -0.3 is 20.4 Å². The maximum absolute atomic E-state index is 9.66. The van der Waals surface area contributed by atoms with Crippen LogP contribution in [0.3, 0.4) is 0 Å². The van der Waals surface area contributed by atoms with E-state index >= 15 is 0 Å². The first-order valence-electron chi connectivity index (χ1n) is 2.84. The molecule has 0 amide bonds. The predicted molar refractivity (Wildman–Crippen MR) is 38.6 cm³/mol. The van der Waals surface area contributed by atoms with Crippen molar-refractivity contribution >= 4 is 11.9 Å². The zero-order valence-corrected chi connectivity index (χ0v) is 6.23. The Bertz CT molecular complexity index is 155. The lowest BCUT2D eigenvalue weighted by Crippen LogP contribution is -2.08. The molecule has 0 aliphatic carbocycles. The van der Waals surface area contributed by atoms with Gasteiger partial charge >= 0.3 is 11.9 Å². The van der Waals surface area contributed by atoms with Gasteiger partial charge in [-0.3, -0.25) is 0 Å². The number of aliphatic hydroxyl groups is 2. The van der Waals surface area contributed by atoms with Crippen molar-refractivity contribution in [2.45, 2.75) is 0 Å². The molecule has 0 spiro atoms. The molecule has 0 aliphatic rings. The van der Waals surface area contributed by atoms with E-state index in [1.54, 1.807) is 0 Å². The lowest BCUT2D eigenvalue weighted by molar-refractivity contribution is -0.140. The summed E-state index contributed by atoms with van der Waals surface area (Å²) >= 11 is 0. The third-order valence-electron chi connectivity index (χ3n) is 0.616. The third-order valence-corrected chi connectivity index (χ3v) is 0.616. The Morgan fingerprint density at radius 2 is 1.25 bits per heavy atom. The van der Waals surface area contributed by atoms with Crippen molar-refractivity contribution in [1.82, 2.24) is 0 Å². The molecule has 0 atom stereocenters. The second kappa shape index (κ2) is 7.70. The standard InChI is InChI=1S/C4H4O4.C2H6O2/c1-2(3(5)6)4(7)8;3-1-2-4/h1H2,(H,5,6)(H,7,8);3-4H,1-2H2. The number of aliphatic hydroxyl groups excluding tert-OH is 2. The minimum Gasteiger partial charge on any atom is -0.477 e. The monoisotopic (exact) mass is 178 g/mol. The van der Waals surface area contributed by atoms with Gasteiger partial charge in [0.05, 0.1) is 13.2 Å². The first-order valence-corrected chi connectivity index (χ1v) is 2.84. The van der Waals surface area contributed by atoms with E-state index in [2.05, 4.69) is 6.58 Å². The Labute approximate surface area is 68.4 Å². The van der Waals surface area contributed by atoms with Crippen molar-refractivity contribution in [3.05, 3.63) is 12.2 Å². The van der Waals surface area contributed by atoms with E-state index in [1.807, 2.05) is 0 Å². The molecule has 0 aromatic rings. The lowest BCUT2D eigenvalue weighted by Gasteiger charge is -1.86. The highest BCUT2D eigenvalue weighted by Crippen LogP contribution is 1.86. The summed E-state index contributed by atoms with van der Waals surface area (Å²) < 4.78 is 0. The Kier molecular flexibility index (Phi) is 8.48. The van der Waals surface area contributed by atoms with Gasteiger partial charge in [-0.2, -0.15) is 0 Å². The highest BCUT2D eigenvalue weighted by molar-refractivity contribution is 6.11. The molecule has 4 N–H and O–H groups in total. The largest absolute Gasteiger partial charge is 0.477 e. The third kappa shape index (κ3) is 8.60. The highest BCUT2D eigenvalue weighted by atomic mass is 16.4. The zero-order chi connectivity index (χ0) is 10.1. The molecule has 0 heterocycles. The molecule has 0 radical (unpaired) electrons. The van der Waals surface area contributed by atoms with Gasteiger partial charge in [-0.15, -0.1) is 0 Å². The van der Waals surface area contributed by atoms with Gasteiger partial charge in [-0.25, -0.2) is 9.59 Å². The van der Waals surface area contributed by atoms with Gasteiger partial charge in [0, 0.05) is 0 Å². The number of rotatable bonds is 3. The average Bonchev–Trinajstić information content (AvgIpc) is 2.03. The molecule has 0 aliphatic heterocycles. The van der Waals surface area contributed by atoms with Crippen molar-refractivity contribution in [1.29, 1.82) is 0 Å². The average molecular weight is 178 g/mol. The van der Waals surface area contributed by atoms with Crippen molar-refractivity contribution in [3.63, 3.8) is 0 Å². The van der Waals surface area contributed by atoms with Crippen molar-refractivity contribution in [2.24, 2.45) is 0 Å². The molecule has 12 heavy (non-hydrogen) atoms. The van der Waals surface area contributed by atoms with Gasteiger partial charge in [0.1, 0.15) is 5.57 Å². The fraction of sp³-hybridized carbons (Fsp3) is 0.333. The summed E-state index contributed by atoms with van der Waals surface area (Å²) in [5.74, 6) is -3.00. The molecule has 70 valence electrons. The molecule has 0 bridgehead atoms. The molecule has 0 aromatic heterocycles. The van der Waals surface area contributed by atoms with Crippen LogP contribution < -0.4 is 0 Å². The van der Waals surface area contributed by atoms with Gasteiger partial charge in [0.15, 0.2) is 0 Å². The van der Waals surface area contributed by atoms with E-state index in [0.29, 0.717) is 0 Å². The Morgan fingerprint density at radius 3 is 1.25 bits per heavy atom. The summed E-state index contributed by atoms with van der Waals surface area (Å²) in [7, 11) is 0. The fourth-order valence-corrected chi connectivity index (χ4v) is 0.0915. The summed E-state index contributed by atoms with van der Waals surface area (Å²) in [5, 5.41) is 31.0. The Hall–Kier alpha value is -1.40. The van der Waals surface area contributed by atoms with Gasteiger partial charge in [-0.1, -0.05) is 6.58 Å². The Morgan fingerprint density at radius 1 is 1.00 bits per heavy atom. The van der Waals surface area contributed by atoms with Crippen molar-refractivity contribution < 1.29 is 30.0 Å². The van der Waals surface area contributed by atoms with Crippen LogP contribution in [0.4, 0.5) is 0 Å². The quantitative estimate of drug-likeness (QED) is 0.242. The number of aliphatic carboxylic acids is 2. The molecule has 0 rings (SSSR count). The molecule has 6 nitrogen and oxygen atoms in total. The highest BCUT2D eigenvalue weighted by Gasteiger charge is 2.10. The van der Waals surface area contributed by atoms with Gasteiger partial charge in [-0.05, 0) is 0 Å². The zero-order valence-electron chi connectivity index (χ0n) is 6.23. The van der Waals surface area contributed by atoms with E-state index in [1.165, 1.54) is 0 Å². The van der Waals surface area contributed by atoms with Crippen LogP contribution in [-0.2, 0) is 9.59 Å². The minimum atomic E-state index is -1.50. The molecule has 0 fully saturated rings. The SMILES string of the molecule is C=C(C(=O)O)C(=O)O.OCCO. The smallest absolute Gasteiger partial charge is 0.342 e. The van der Waals surface area contributed by atoms with Crippen LogP contribution in [-0.4, -0.2) is 45.6 Å². The Balaban J connectivity index is 0. The number of hydrogen-bond acceptors (Lipinski definition) is 4. The second-order valence-corrected chi connectivity index (χ2v) is 1.54. The lowest BCUT2D eigenvalue weighted by atomic mass is 10.3. The maximum Gasteiger partial charge on any atom is 0.342 e. The van der Waals surface area contributed by atoms with E-state index in [4.69, 9.17) is 20.4 Å². The van der Waals surface area contributed by atoms with Crippen LogP contribution in [0.15, 0.2) is 12.2 Å². The minimum absolute atomic E-state index is 0.125. The van der Waals surface area contributed by atoms with E-state index in [0.717, 1.165) is 0 Å². The number of carboxylic acids is 2. The van der Waals surface area contributed by atoms with Crippen molar-refractivity contribution in [2.75, 3.05) is 13.2 Å². The number of carboxylic acid groups (broad SMARTS) is 2. The molecule has 6 heteroatoms. The molecule has 0 saturated carbocycles. The second-order valence-electron chi connectivity index (χ2n) is 1.54. The first kappa shape index (κ1) is 13.2. The van der Waals surface area contributed by atoms with E-state index < -0.39 is 17.5 Å². The van der Waals surface area contributed by atoms with E-state index in [-0.39, 0.29) is 13.2 Å². The number of hydrogen-bond donors (Lipinski definition) is 4. The molecule has 0 aromatic carbocycles.